The summed E-state index contributed by atoms with van der Waals surface area (Å²) in [4.78, 5) is 13.0. The van der Waals surface area contributed by atoms with Gasteiger partial charge in [-0.2, -0.15) is 0 Å². The smallest absolute Gasteiger partial charge is 0.331 e. The van der Waals surface area contributed by atoms with Gasteiger partial charge in [-0.05, 0) is 154 Å². The van der Waals surface area contributed by atoms with Crippen LogP contribution in [0.1, 0.15) is 125 Å². The van der Waals surface area contributed by atoms with E-state index in [-0.39, 0.29) is 29.0 Å². The SMILES string of the molecule is CC(C)=CCC[C@@H](C)[C@H]1CC[C@@]2(C)[C@@H]3CC[C@H]4C(C)(C)C(OC(=O)/C=C/c5ccc(O)c(O)c5)CC[C@@]45C[C@@]35CC[C@]12C. The van der Waals surface area contributed by atoms with Crippen molar-refractivity contribution in [3.63, 3.8) is 0 Å². The number of hydrogen-bond donors (Lipinski definition) is 2. The van der Waals surface area contributed by atoms with Gasteiger partial charge in [-0.15, -0.1) is 0 Å². The first-order valence-electron chi connectivity index (χ1n) is 17.2. The molecule has 2 N–H and O–H groups in total. The zero-order chi connectivity index (χ0) is 31.0. The molecule has 0 heterocycles. The van der Waals surface area contributed by atoms with Crippen molar-refractivity contribution >= 4 is 12.0 Å². The molecule has 0 amide bonds. The number of carbonyl (C=O) groups is 1. The Morgan fingerprint density at radius 2 is 1.65 bits per heavy atom. The second kappa shape index (κ2) is 10.4. The summed E-state index contributed by atoms with van der Waals surface area (Å²) in [6.07, 6.45) is 19.8. The van der Waals surface area contributed by atoms with E-state index in [0.29, 0.717) is 33.1 Å². The van der Waals surface area contributed by atoms with Crippen LogP contribution < -0.4 is 0 Å². The van der Waals surface area contributed by atoms with E-state index < -0.39 is 0 Å². The molecule has 6 rings (SSSR count). The second-order valence-corrected chi connectivity index (χ2v) is 16.9. The molecule has 0 aliphatic heterocycles. The van der Waals surface area contributed by atoms with Crippen LogP contribution in [-0.4, -0.2) is 22.3 Å². The average Bonchev–Trinajstić information content (AvgIpc) is 3.52. The van der Waals surface area contributed by atoms with Crippen molar-refractivity contribution in [2.45, 2.75) is 125 Å². The maximum Gasteiger partial charge on any atom is 0.331 e. The summed E-state index contributed by atoms with van der Waals surface area (Å²) >= 11 is 0. The molecule has 0 aromatic heterocycles. The quantitative estimate of drug-likeness (QED) is 0.144. The molecular formula is C39H56O4. The molecule has 1 aromatic rings. The number of rotatable bonds is 7. The third-order valence-electron chi connectivity index (χ3n) is 14.6. The summed E-state index contributed by atoms with van der Waals surface area (Å²) in [7, 11) is 0. The highest BCUT2D eigenvalue weighted by Crippen LogP contribution is 2.89. The minimum Gasteiger partial charge on any atom is -0.504 e. The number of aromatic hydroxyl groups is 2. The molecule has 5 fully saturated rings. The van der Waals surface area contributed by atoms with Crippen molar-refractivity contribution in [1.82, 2.24) is 0 Å². The lowest BCUT2D eigenvalue weighted by Gasteiger charge is -2.63. The lowest BCUT2D eigenvalue weighted by Crippen LogP contribution is -2.58. The molecule has 5 saturated carbocycles. The van der Waals surface area contributed by atoms with E-state index in [1.165, 1.54) is 88.0 Å². The predicted molar refractivity (Wildman–Crippen MR) is 173 cm³/mol. The van der Waals surface area contributed by atoms with E-state index in [9.17, 15) is 15.0 Å². The highest BCUT2D eigenvalue weighted by molar-refractivity contribution is 5.87. The Labute approximate surface area is 260 Å². The number of phenolic OH excluding ortho intramolecular Hbond substituents is 2. The molecule has 0 radical (unpaired) electrons. The van der Waals surface area contributed by atoms with Crippen LogP contribution in [0.2, 0.25) is 0 Å². The van der Waals surface area contributed by atoms with Crippen molar-refractivity contribution in [2.75, 3.05) is 0 Å². The number of esters is 1. The highest BCUT2D eigenvalue weighted by atomic mass is 16.5. The Morgan fingerprint density at radius 3 is 2.37 bits per heavy atom. The number of benzene rings is 1. The van der Waals surface area contributed by atoms with Crippen molar-refractivity contribution in [1.29, 1.82) is 0 Å². The molecule has 1 aromatic carbocycles. The normalized spacial score (nSPS) is 41.4. The van der Waals surface area contributed by atoms with Crippen molar-refractivity contribution in [3.05, 3.63) is 41.5 Å². The first-order valence-corrected chi connectivity index (χ1v) is 17.2. The number of allylic oxidation sites excluding steroid dienone is 2. The van der Waals surface area contributed by atoms with Crippen LogP contribution in [-0.2, 0) is 9.53 Å². The van der Waals surface area contributed by atoms with Gasteiger partial charge in [0.2, 0.25) is 0 Å². The first kappa shape index (κ1) is 30.8. The predicted octanol–water partition coefficient (Wildman–Crippen LogP) is 9.84. The summed E-state index contributed by atoms with van der Waals surface area (Å²) in [5.74, 6) is 2.40. The largest absolute Gasteiger partial charge is 0.504 e. The molecule has 43 heavy (non-hydrogen) atoms. The summed E-state index contributed by atoms with van der Waals surface area (Å²) in [6, 6.07) is 4.55. The fraction of sp³-hybridized carbons (Fsp3) is 0.718. The molecule has 0 bridgehead atoms. The summed E-state index contributed by atoms with van der Waals surface area (Å²) in [6.45, 7) is 17.2. The second-order valence-electron chi connectivity index (χ2n) is 16.9. The number of phenols is 2. The third kappa shape index (κ3) is 4.54. The number of ether oxygens (including phenoxy) is 1. The average molecular weight is 589 g/mol. The molecule has 4 heteroatoms. The number of fused-ring (bicyclic) bond motifs is 2. The molecule has 4 nitrogen and oxygen atoms in total. The molecule has 5 aliphatic carbocycles. The van der Waals surface area contributed by atoms with Crippen molar-refractivity contribution < 1.29 is 19.7 Å². The van der Waals surface area contributed by atoms with Crippen LogP contribution in [0.25, 0.3) is 6.08 Å². The summed E-state index contributed by atoms with van der Waals surface area (Å²) in [5, 5.41) is 19.3. The van der Waals surface area contributed by atoms with E-state index in [2.05, 4.69) is 54.5 Å². The number of hydrogen-bond acceptors (Lipinski definition) is 4. The molecule has 9 atom stereocenters. The molecule has 5 aliphatic rings. The third-order valence-corrected chi connectivity index (χ3v) is 14.6. The van der Waals surface area contributed by atoms with Crippen LogP contribution in [0, 0.1) is 50.7 Å². The van der Waals surface area contributed by atoms with E-state index in [1.54, 1.807) is 12.1 Å². The van der Waals surface area contributed by atoms with Gasteiger partial charge in [0.15, 0.2) is 11.5 Å². The van der Waals surface area contributed by atoms with Gasteiger partial charge in [-0.3, -0.25) is 0 Å². The van der Waals surface area contributed by atoms with Crippen LogP contribution in [0.5, 0.6) is 11.5 Å². The minimum atomic E-state index is -0.322. The Kier molecular flexibility index (Phi) is 7.45. The molecule has 2 spiro atoms. The zero-order valence-electron chi connectivity index (χ0n) is 27.8. The molecule has 1 unspecified atom stereocenters. The first-order chi connectivity index (χ1) is 20.2. The van der Waals surface area contributed by atoms with E-state index in [4.69, 9.17) is 4.74 Å². The zero-order valence-corrected chi connectivity index (χ0v) is 27.8. The van der Waals surface area contributed by atoms with E-state index in [1.807, 2.05) is 0 Å². The Morgan fingerprint density at radius 1 is 0.930 bits per heavy atom. The summed E-state index contributed by atoms with van der Waals surface area (Å²) in [5.41, 5.74) is 3.87. The van der Waals surface area contributed by atoms with Crippen LogP contribution in [0.3, 0.4) is 0 Å². The lowest BCUT2D eigenvalue weighted by atomic mass is 9.41. The van der Waals surface area contributed by atoms with Gasteiger partial charge in [-0.1, -0.05) is 52.3 Å². The van der Waals surface area contributed by atoms with Gasteiger partial charge < -0.3 is 14.9 Å². The maximum atomic E-state index is 13.0. The highest BCUT2D eigenvalue weighted by Gasteiger charge is 2.82. The molecule has 0 saturated heterocycles. The maximum absolute atomic E-state index is 13.0. The minimum absolute atomic E-state index is 0.0493. The van der Waals surface area contributed by atoms with Crippen molar-refractivity contribution in [3.8, 4) is 11.5 Å². The summed E-state index contributed by atoms with van der Waals surface area (Å²) < 4.78 is 6.18. The van der Waals surface area contributed by atoms with Gasteiger partial charge in [-0.25, -0.2) is 4.79 Å². The Balaban J connectivity index is 1.16. The standard InChI is InChI=1S/C39H56O4/c1-25(2)9-8-10-26(3)28-17-19-37(7)32-15-14-31-35(4,5)33(18-20-38(31)24-39(32,38)22-21-36(28,37)6)43-34(42)16-12-27-11-13-29(40)30(41)23-27/h9,11-13,16,23,26,28,31-33,40-41H,8,10,14-15,17-22,24H2,1-7H3/b16-12+/t26-,28-,31+,32+,33?,36-,37+,38-,39+/m1/s1. The van der Waals surface area contributed by atoms with Crippen LogP contribution >= 0.6 is 0 Å². The lowest BCUT2D eigenvalue weighted by molar-refractivity contribution is -0.179. The van der Waals surface area contributed by atoms with Gasteiger partial charge in [0.1, 0.15) is 6.10 Å². The van der Waals surface area contributed by atoms with Crippen LogP contribution in [0.15, 0.2) is 35.9 Å². The van der Waals surface area contributed by atoms with E-state index in [0.717, 1.165) is 24.2 Å². The Bertz CT molecular complexity index is 1320. The van der Waals surface area contributed by atoms with Gasteiger partial charge in [0, 0.05) is 11.5 Å². The number of carbonyl (C=O) groups excluding carboxylic acids is 1. The van der Waals surface area contributed by atoms with Gasteiger partial charge in [0.25, 0.3) is 0 Å². The fourth-order valence-corrected chi connectivity index (χ4v) is 12.3. The molecular weight excluding hydrogens is 532 g/mol. The fourth-order valence-electron chi connectivity index (χ4n) is 12.3. The topological polar surface area (TPSA) is 66.8 Å². The monoisotopic (exact) mass is 588 g/mol. The van der Waals surface area contributed by atoms with E-state index >= 15 is 0 Å². The van der Waals surface area contributed by atoms with Gasteiger partial charge in [0.05, 0.1) is 0 Å². The molecule has 236 valence electrons. The van der Waals surface area contributed by atoms with Crippen molar-refractivity contribution in [2.24, 2.45) is 50.7 Å². The Hall–Kier alpha value is -2.23. The van der Waals surface area contributed by atoms with Gasteiger partial charge >= 0.3 is 5.97 Å². The van der Waals surface area contributed by atoms with Crippen LogP contribution in [0.4, 0.5) is 0 Å².